The Morgan fingerprint density at radius 1 is 1.19 bits per heavy atom. The van der Waals surface area contributed by atoms with Crippen LogP contribution in [0.1, 0.15) is 11.1 Å². The molecule has 3 rings (SSSR count). The van der Waals surface area contributed by atoms with Crippen LogP contribution >= 0.6 is 11.3 Å². The number of nitrogens with one attached hydrogen (secondary N) is 1. The zero-order chi connectivity index (χ0) is 14.7. The molecule has 1 saturated heterocycles. The van der Waals surface area contributed by atoms with Crippen molar-refractivity contribution in [1.29, 1.82) is 0 Å². The molecule has 112 valence electrons. The second kappa shape index (κ2) is 6.41. The second-order valence-corrected chi connectivity index (χ2v) is 6.18. The van der Waals surface area contributed by atoms with Gasteiger partial charge in [0.2, 0.25) is 0 Å². The molecule has 1 aliphatic rings. The van der Waals surface area contributed by atoms with E-state index in [1.54, 1.807) is 11.3 Å². The van der Waals surface area contributed by atoms with E-state index in [1.807, 2.05) is 24.8 Å². The van der Waals surface area contributed by atoms with E-state index in [1.165, 1.54) is 11.1 Å². The van der Waals surface area contributed by atoms with Gasteiger partial charge in [-0.3, -0.25) is 0 Å². The van der Waals surface area contributed by atoms with Crippen molar-refractivity contribution in [3.05, 3.63) is 35.0 Å². The summed E-state index contributed by atoms with van der Waals surface area (Å²) in [6.45, 7) is 7.03. The van der Waals surface area contributed by atoms with Crippen molar-refractivity contribution in [2.75, 3.05) is 43.0 Å². The van der Waals surface area contributed by atoms with Crippen molar-refractivity contribution in [3.8, 4) is 0 Å². The molecule has 3 heterocycles. The van der Waals surface area contributed by atoms with Gasteiger partial charge in [-0.1, -0.05) is 0 Å². The smallest absolute Gasteiger partial charge is 0.185 e. The van der Waals surface area contributed by atoms with E-state index in [9.17, 15) is 0 Å². The molecular weight excluding hydrogens is 282 g/mol. The summed E-state index contributed by atoms with van der Waals surface area (Å²) in [6, 6.07) is 2.23. The predicted molar refractivity (Wildman–Crippen MR) is 88.3 cm³/mol. The molecule has 0 spiro atoms. The van der Waals surface area contributed by atoms with Gasteiger partial charge in [-0.25, -0.2) is 9.97 Å². The Morgan fingerprint density at radius 2 is 1.95 bits per heavy atom. The zero-order valence-corrected chi connectivity index (χ0v) is 13.4. The van der Waals surface area contributed by atoms with Gasteiger partial charge >= 0.3 is 0 Å². The number of pyridine rings is 1. The molecular formula is C15H21N5S. The first-order valence-corrected chi connectivity index (χ1v) is 8.15. The van der Waals surface area contributed by atoms with Crippen LogP contribution in [0.4, 0.5) is 10.9 Å². The van der Waals surface area contributed by atoms with E-state index in [0.29, 0.717) is 0 Å². The highest BCUT2D eigenvalue weighted by Gasteiger charge is 2.20. The van der Waals surface area contributed by atoms with Crippen molar-refractivity contribution < 1.29 is 0 Å². The van der Waals surface area contributed by atoms with Gasteiger partial charge in [-0.05, 0) is 31.2 Å². The molecule has 0 aliphatic carbocycles. The second-order valence-electron chi connectivity index (χ2n) is 5.30. The van der Waals surface area contributed by atoms with E-state index in [-0.39, 0.29) is 0 Å². The normalized spacial score (nSPS) is 15.5. The SMILES string of the molecule is CNCc1cnc(N2CCN(c3nccs3)CC2)c(C)c1. The van der Waals surface area contributed by atoms with Gasteiger partial charge in [0, 0.05) is 50.5 Å². The highest BCUT2D eigenvalue weighted by Crippen LogP contribution is 2.23. The Labute approximate surface area is 129 Å². The number of nitrogens with zero attached hydrogens (tertiary/aromatic N) is 4. The third-order valence-electron chi connectivity index (χ3n) is 3.76. The predicted octanol–water partition coefficient (Wildman–Crippen LogP) is 1.89. The van der Waals surface area contributed by atoms with Gasteiger partial charge in [0.25, 0.3) is 0 Å². The average Bonchev–Trinajstić information content (AvgIpc) is 3.02. The summed E-state index contributed by atoms with van der Waals surface area (Å²) in [5, 5.41) is 6.33. The maximum absolute atomic E-state index is 4.66. The molecule has 6 heteroatoms. The number of thiazole rings is 1. The number of rotatable bonds is 4. The largest absolute Gasteiger partial charge is 0.353 e. The van der Waals surface area contributed by atoms with Gasteiger partial charge in [-0.15, -0.1) is 11.3 Å². The van der Waals surface area contributed by atoms with Gasteiger partial charge in [0.15, 0.2) is 5.13 Å². The minimum absolute atomic E-state index is 0.867. The summed E-state index contributed by atoms with van der Waals surface area (Å²) in [6.07, 6.45) is 3.85. The quantitative estimate of drug-likeness (QED) is 0.934. The van der Waals surface area contributed by atoms with Crippen LogP contribution in [0.2, 0.25) is 0 Å². The Bertz CT molecular complexity index is 576. The van der Waals surface area contributed by atoms with E-state index < -0.39 is 0 Å². The molecule has 0 radical (unpaired) electrons. The lowest BCUT2D eigenvalue weighted by molar-refractivity contribution is 0.644. The molecule has 0 aromatic carbocycles. The molecule has 0 unspecified atom stereocenters. The van der Waals surface area contributed by atoms with Crippen molar-refractivity contribution in [3.63, 3.8) is 0 Å². The summed E-state index contributed by atoms with van der Waals surface area (Å²) in [4.78, 5) is 13.8. The number of aromatic nitrogens is 2. The van der Waals surface area contributed by atoms with Crippen LogP contribution in [0.3, 0.4) is 0 Å². The van der Waals surface area contributed by atoms with Gasteiger partial charge in [-0.2, -0.15) is 0 Å². The minimum atomic E-state index is 0.867. The van der Waals surface area contributed by atoms with Crippen LogP contribution in [-0.4, -0.2) is 43.2 Å². The maximum atomic E-state index is 4.66. The number of piperazine rings is 1. The molecule has 5 nitrogen and oxygen atoms in total. The van der Waals surface area contributed by atoms with Crippen molar-refractivity contribution in [1.82, 2.24) is 15.3 Å². The van der Waals surface area contributed by atoms with Gasteiger partial charge in [0.05, 0.1) is 0 Å². The first-order valence-electron chi connectivity index (χ1n) is 7.27. The maximum Gasteiger partial charge on any atom is 0.185 e. The number of hydrogen-bond acceptors (Lipinski definition) is 6. The van der Waals surface area contributed by atoms with Crippen LogP contribution in [0, 0.1) is 6.92 Å². The molecule has 1 aliphatic heterocycles. The van der Waals surface area contributed by atoms with Crippen molar-refractivity contribution in [2.45, 2.75) is 13.5 Å². The van der Waals surface area contributed by atoms with Crippen LogP contribution in [0.15, 0.2) is 23.8 Å². The van der Waals surface area contributed by atoms with Crippen LogP contribution in [0.25, 0.3) is 0 Å². The first kappa shape index (κ1) is 14.3. The highest BCUT2D eigenvalue weighted by molar-refractivity contribution is 7.13. The molecule has 0 amide bonds. The van der Waals surface area contributed by atoms with Gasteiger partial charge in [0.1, 0.15) is 5.82 Å². The Balaban J connectivity index is 1.66. The molecule has 0 saturated carbocycles. The fourth-order valence-electron chi connectivity index (χ4n) is 2.74. The van der Waals surface area contributed by atoms with Crippen LogP contribution in [-0.2, 0) is 6.54 Å². The molecule has 21 heavy (non-hydrogen) atoms. The summed E-state index contributed by atoms with van der Waals surface area (Å²) in [7, 11) is 1.96. The number of aryl methyl sites for hydroxylation is 1. The standard InChI is InChI=1S/C15H21N5S/c1-12-9-13(10-16-2)11-18-14(12)19-4-6-20(7-5-19)15-17-3-8-21-15/h3,8-9,11,16H,4-7,10H2,1-2H3. The molecule has 2 aromatic heterocycles. The van der Waals surface area contributed by atoms with E-state index in [4.69, 9.17) is 0 Å². The van der Waals surface area contributed by atoms with E-state index in [2.05, 4.69) is 38.1 Å². The first-order chi connectivity index (χ1) is 10.3. The number of hydrogen-bond donors (Lipinski definition) is 1. The molecule has 0 bridgehead atoms. The third-order valence-corrected chi connectivity index (χ3v) is 4.59. The monoisotopic (exact) mass is 303 g/mol. The van der Waals surface area contributed by atoms with Crippen LogP contribution < -0.4 is 15.1 Å². The molecule has 2 aromatic rings. The lowest BCUT2D eigenvalue weighted by Gasteiger charge is -2.36. The Morgan fingerprint density at radius 3 is 2.57 bits per heavy atom. The Kier molecular flexibility index (Phi) is 4.36. The summed E-state index contributed by atoms with van der Waals surface area (Å²) < 4.78 is 0. The van der Waals surface area contributed by atoms with Gasteiger partial charge < -0.3 is 15.1 Å². The van der Waals surface area contributed by atoms with Crippen molar-refractivity contribution >= 4 is 22.3 Å². The topological polar surface area (TPSA) is 44.3 Å². The summed E-state index contributed by atoms with van der Waals surface area (Å²) in [5.74, 6) is 1.12. The van der Waals surface area contributed by atoms with Crippen molar-refractivity contribution in [2.24, 2.45) is 0 Å². The fourth-order valence-corrected chi connectivity index (χ4v) is 3.44. The fraction of sp³-hybridized carbons (Fsp3) is 0.467. The lowest BCUT2D eigenvalue weighted by atomic mass is 10.2. The van der Waals surface area contributed by atoms with Crippen LogP contribution in [0.5, 0.6) is 0 Å². The highest BCUT2D eigenvalue weighted by atomic mass is 32.1. The van der Waals surface area contributed by atoms with E-state index in [0.717, 1.165) is 43.7 Å². The summed E-state index contributed by atoms with van der Waals surface area (Å²) >= 11 is 1.71. The molecule has 1 fully saturated rings. The molecule has 1 N–H and O–H groups in total. The zero-order valence-electron chi connectivity index (χ0n) is 12.5. The average molecular weight is 303 g/mol. The Hall–Kier alpha value is -1.66. The van der Waals surface area contributed by atoms with E-state index >= 15 is 0 Å². The third kappa shape index (κ3) is 3.16. The number of anilines is 2. The molecule has 0 atom stereocenters. The lowest BCUT2D eigenvalue weighted by Crippen LogP contribution is -2.47. The minimum Gasteiger partial charge on any atom is -0.353 e. The summed E-state index contributed by atoms with van der Waals surface area (Å²) in [5.41, 5.74) is 2.49.